The van der Waals surface area contributed by atoms with E-state index in [4.69, 9.17) is 0 Å². The van der Waals surface area contributed by atoms with Crippen molar-refractivity contribution in [3.8, 4) is 0 Å². The Morgan fingerprint density at radius 3 is 2.33 bits per heavy atom. The molecule has 0 saturated heterocycles. The Hall–Kier alpha value is -1.26. The van der Waals surface area contributed by atoms with E-state index in [1.807, 2.05) is 0 Å². The van der Waals surface area contributed by atoms with Crippen LogP contribution in [0.5, 0.6) is 0 Å². The fourth-order valence-corrected chi connectivity index (χ4v) is 1.52. The molecular weight excluding hydrogens is 210 g/mol. The molecule has 0 unspecified atom stereocenters. The van der Waals surface area contributed by atoms with E-state index < -0.39 is 18.2 Å². The monoisotopic (exact) mass is 219 g/mol. The van der Waals surface area contributed by atoms with Crippen LogP contribution < -0.4 is 4.90 Å². The Morgan fingerprint density at radius 2 is 1.87 bits per heavy atom. The summed E-state index contributed by atoms with van der Waals surface area (Å²) in [7, 11) is 0. The van der Waals surface area contributed by atoms with Crippen LogP contribution in [0.3, 0.4) is 0 Å². The van der Waals surface area contributed by atoms with Gasteiger partial charge in [0, 0.05) is 11.7 Å². The lowest BCUT2D eigenvalue weighted by Crippen LogP contribution is -2.39. The Kier molecular flexibility index (Phi) is 2.32. The van der Waals surface area contributed by atoms with Crippen LogP contribution in [0.2, 0.25) is 0 Å². The number of anilines is 1. The zero-order valence-corrected chi connectivity index (χ0v) is 7.76. The second-order valence-electron chi connectivity index (χ2n) is 3.55. The minimum absolute atomic E-state index is 0.120. The Balaban J connectivity index is 2.32. The molecule has 5 heteroatoms. The smallest absolute Gasteiger partial charge is 0.281 e. The Morgan fingerprint density at radius 1 is 1.20 bits per heavy atom. The van der Waals surface area contributed by atoms with Gasteiger partial charge in [-0.25, -0.2) is 4.39 Å². The van der Waals surface area contributed by atoms with Crippen LogP contribution in [0.25, 0.3) is 0 Å². The highest BCUT2D eigenvalue weighted by Gasteiger charge is 2.46. The molecule has 1 aliphatic carbocycles. The molecule has 0 N–H and O–H groups in total. The van der Waals surface area contributed by atoms with Crippen molar-refractivity contribution in [2.75, 3.05) is 4.90 Å². The molecule has 1 aliphatic rings. The predicted octanol–water partition coefficient (Wildman–Crippen LogP) is 3.31. The third-order valence-corrected chi connectivity index (χ3v) is 2.27. The second kappa shape index (κ2) is 3.40. The summed E-state index contributed by atoms with van der Waals surface area (Å²) in [5, 5.41) is 0. The van der Waals surface area contributed by atoms with Crippen LogP contribution in [0, 0.1) is 5.82 Å². The fraction of sp³-hybridized carbons (Fsp3) is 0.400. The van der Waals surface area contributed by atoms with Crippen LogP contribution in [-0.4, -0.2) is 12.3 Å². The van der Waals surface area contributed by atoms with Gasteiger partial charge in [-0.2, -0.15) is 13.2 Å². The molecule has 0 atom stereocenters. The molecular formula is C10H9F4N. The summed E-state index contributed by atoms with van der Waals surface area (Å²) in [6, 6.07) is 4.07. The molecule has 1 fully saturated rings. The van der Waals surface area contributed by atoms with Crippen molar-refractivity contribution in [1.82, 2.24) is 0 Å². The molecule has 0 aliphatic heterocycles. The van der Waals surface area contributed by atoms with Crippen molar-refractivity contribution in [3.05, 3.63) is 30.1 Å². The van der Waals surface area contributed by atoms with Gasteiger partial charge in [0.1, 0.15) is 5.82 Å². The molecule has 0 spiro atoms. The minimum atomic E-state index is -4.44. The van der Waals surface area contributed by atoms with Gasteiger partial charge in [0.2, 0.25) is 0 Å². The lowest BCUT2D eigenvalue weighted by Gasteiger charge is -2.26. The lowest BCUT2D eigenvalue weighted by atomic mass is 10.3. The van der Waals surface area contributed by atoms with Crippen LogP contribution in [0.15, 0.2) is 24.3 Å². The molecule has 1 nitrogen and oxygen atoms in total. The Bertz CT molecular complexity index is 357. The van der Waals surface area contributed by atoms with Gasteiger partial charge in [0.05, 0.1) is 0 Å². The number of benzene rings is 1. The molecule has 1 saturated carbocycles. The maximum atomic E-state index is 12.8. The molecule has 0 heterocycles. The van der Waals surface area contributed by atoms with E-state index in [1.165, 1.54) is 12.1 Å². The molecule has 0 amide bonds. The number of alkyl halides is 3. The van der Waals surface area contributed by atoms with Crippen LogP contribution in [-0.2, 0) is 0 Å². The van der Waals surface area contributed by atoms with Gasteiger partial charge in [-0.3, -0.25) is 4.90 Å². The summed E-state index contributed by atoms with van der Waals surface area (Å²) in [5.41, 5.74) is -0.120. The van der Waals surface area contributed by atoms with Gasteiger partial charge in [-0.05, 0) is 31.0 Å². The molecule has 0 aromatic heterocycles. The molecule has 82 valence electrons. The largest absolute Gasteiger partial charge is 0.485 e. The molecule has 15 heavy (non-hydrogen) atoms. The van der Waals surface area contributed by atoms with E-state index in [1.54, 1.807) is 0 Å². The van der Waals surface area contributed by atoms with E-state index in [2.05, 4.69) is 0 Å². The van der Waals surface area contributed by atoms with E-state index in [9.17, 15) is 17.6 Å². The molecule has 0 radical (unpaired) electrons. The van der Waals surface area contributed by atoms with Crippen molar-refractivity contribution in [3.63, 3.8) is 0 Å². The number of hydrogen-bond acceptors (Lipinski definition) is 1. The highest BCUT2D eigenvalue weighted by Crippen LogP contribution is 2.39. The van der Waals surface area contributed by atoms with Crippen molar-refractivity contribution >= 4 is 5.69 Å². The summed E-state index contributed by atoms with van der Waals surface area (Å²) in [6.07, 6.45) is -3.42. The van der Waals surface area contributed by atoms with Gasteiger partial charge < -0.3 is 0 Å². The van der Waals surface area contributed by atoms with Gasteiger partial charge >= 0.3 is 6.30 Å². The molecule has 2 rings (SSSR count). The van der Waals surface area contributed by atoms with E-state index in [0.29, 0.717) is 17.7 Å². The Labute approximate surface area is 84.3 Å². The van der Waals surface area contributed by atoms with Gasteiger partial charge in [-0.15, -0.1) is 0 Å². The number of hydrogen-bond donors (Lipinski definition) is 0. The first-order valence-corrected chi connectivity index (χ1v) is 4.60. The SMILES string of the molecule is Fc1cccc(N(C2CC2)C(F)(F)F)c1. The summed E-state index contributed by atoms with van der Waals surface area (Å²) >= 11 is 0. The topological polar surface area (TPSA) is 3.24 Å². The normalized spacial score (nSPS) is 16.5. The maximum Gasteiger partial charge on any atom is 0.485 e. The van der Waals surface area contributed by atoms with Crippen molar-refractivity contribution in [2.45, 2.75) is 25.2 Å². The predicted molar refractivity (Wildman–Crippen MR) is 48.0 cm³/mol. The molecule has 1 aromatic carbocycles. The number of halogens is 4. The van der Waals surface area contributed by atoms with E-state index in [0.717, 1.165) is 12.1 Å². The lowest BCUT2D eigenvalue weighted by molar-refractivity contribution is -0.130. The maximum absolute atomic E-state index is 12.8. The fourth-order valence-electron chi connectivity index (χ4n) is 1.52. The average molecular weight is 219 g/mol. The first kappa shape index (κ1) is 10.3. The van der Waals surface area contributed by atoms with Crippen LogP contribution >= 0.6 is 0 Å². The second-order valence-corrected chi connectivity index (χ2v) is 3.55. The highest BCUT2D eigenvalue weighted by atomic mass is 19.4. The summed E-state index contributed by atoms with van der Waals surface area (Å²) in [6.45, 7) is 0. The van der Waals surface area contributed by atoms with Crippen molar-refractivity contribution in [1.29, 1.82) is 0 Å². The van der Waals surface area contributed by atoms with Gasteiger partial charge in [0.15, 0.2) is 0 Å². The summed E-state index contributed by atoms with van der Waals surface area (Å²) in [5.74, 6) is -0.651. The van der Waals surface area contributed by atoms with Gasteiger partial charge in [-0.1, -0.05) is 6.07 Å². The highest BCUT2D eigenvalue weighted by molar-refractivity contribution is 5.49. The zero-order valence-electron chi connectivity index (χ0n) is 7.76. The zero-order chi connectivity index (χ0) is 11.1. The van der Waals surface area contributed by atoms with Crippen molar-refractivity contribution < 1.29 is 17.6 Å². The van der Waals surface area contributed by atoms with E-state index >= 15 is 0 Å². The molecule has 1 aromatic rings. The number of rotatable bonds is 2. The number of nitrogens with zero attached hydrogens (tertiary/aromatic N) is 1. The first-order chi connectivity index (χ1) is 6.98. The third-order valence-electron chi connectivity index (χ3n) is 2.27. The molecule has 0 bridgehead atoms. The van der Waals surface area contributed by atoms with Gasteiger partial charge in [0.25, 0.3) is 0 Å². The quantitative estimate of drug-likeness (QED) is 0.544. The summed E-state index contributed by atoms with van der Waals surface area (Å²) < 4.78 is 50.7. The first-order valence-electron chi connectivity index (χ1n) is 4.60. The van der Waals surface area contributed by atoms with Crippen molar-refractivity contribution in [2.24, 2.45) is 0 Å². The van der Waals surface area contributed by atoms with Crippen LogP contribution in [0.1, 0.15) is 12.8 Å². The standard InChI is InChI=1S/C10H9F4N/c11-7-2-1-3-9(6-7)15(8-4-5-8)10(12,13)14/h1-3,6,8H,4-5H2. The average Bonchev–Trinajstić information content (AvgIpc) is 2.86. The van der Waals surface area contributed by atoms with E-state index in [-0.39, 0.29) is 5.69 Å². The third kappa shape index (κ3) is 2.22. The minimum Gasteiger partial charge on any atom is -0.281 e. The summed E-state index contributed by atoms with van der Waals surface area (Å²) in [4.78, 5) is 0.329. The van der Waals surface area contributed by atoms with Crippen LogP contribution in [0.4, 0.5) is 23.2 Å².